The first-order valence-corrected chi connectivity index (χ1v) is 31.4. The number of nitrogens with one attached hydrogen (secondary N) is 12. The quantitative estimate of drug-likeness (QED) is 0.101. The average Bonchev–Trinajstić information content (AvgIpc) is 3.57. The van der Waals surface area contributed by atoms with Crippen LogP contribution in [0.25, 0.3) is 0 Å². The summed E-state index contributed by atoms with van der Waals surface area (Å²) in [6.45, 7) is 27.3. The molecule has 39 heteroatoms. The van der Waals surface area contributed by atoms with Gasteiger partial charge in [-0.05, 0) is 0 Å². The lowest BCUT2D eigenvalue weighted by Gasteiger charge is -2.45. The number of fused-ring (bicyclic) bond motifs is 6. The van der Waals surface area contributed by atoms with E-state index in [2.05, 4.69) is 104 Å². The van der Waals surface area contributed by atoms with Crippen molar-refractivity contribution in [2.45, 2.75) is 36.6 Å². The van der Waals surface area contributed by atoms with Gasteiger partial charge in [-0.3, -0.25) is 27.1 Å². The van der Waals surface area contributed by atoms with Crippen molar-refractivity contribution >= 4 is 46.9 Å². The molecule has 0 bridgehead atoms. The Morgan fingerprint density at radius 2 is 0.304 bits per heavy atom. The van der Waals surface area contributed by atoms with E-state index in [1.807, 2.05) is 0 Å². The van der Waals surface area contributed by atoms with Crippen molar-refractivity contribution < 1.29 is 96.8 Å². The van der Waals surface area contributed by atoms with Crippen LogP contribution in [-0.4, -0.2) is 223 Å². The third kappa shape index (κ3) is 25.6. The molecule has 0 spiro atoms. The maximum atomic E-state index is 12.1. The van der Waals surface area contributed by atoms with Gasteiger partial charge in [0.15, 0.2) is 0 Å². The lowest BCUT2D eigenvalue weighted by molar-refractivity contribution is -0.185. The Kier molecular flexibility index (Phi) is 28.1. The second-order valence-electron chi connectivity index (χ2n) is 15.5. The van der Waals surface area contributed by atoms with Crippen molar-refractivity contribution in [1.82, 2.24) is 63.8 Å². The largest absolute Gasteiger partial charge is 0.481 e. The Hall–Kier alpha value is 0.300. The zero-order chi connectivity index (χ0) is 50.3. The lowest BCUT2D eigenvalue weighted by atomic mass is 9.85. The molecule has 0 amide bonds. The van der Waals surface area contributed by atoms with Gasteiger partial charge in [0.25, 0.3) is 0 Å². The molecule has 0 aromatic rings. The molecule has 33 nitrogen and oxygen atoms in total. The first kappa shape index (κ1) is 61.8. The highest BCUT2D eigenvalue weighted by Gasteiger charge is 2.68. The van der Waals surface area contributed by atoms with E-state index in [0.29, 0.717) is 0 Å². The van der Waals surface area contributed by atoms with Crippen molar-refractivity contribution in [3.63, 3.8) is 0 Å². The summed E-state index contributed by atoms with van der Waals surface area (Å²) in [6, 6.07) is 0. The standard InChI is InChI=1S/C6H12O21P6.6C4H10N2/c7-28(8)19-1-2(20-29(9,10)25-28)4-6(24-33(17,18)27-32(15,16)23-4)5-3(1)21-30(11,12)26-31(13,14)22-5;6*1-2-6-4-3-5-1/h1-6H,(H,7,8)(H,9,10)(H,11,12)(H,13,14)(H,15,16)(H,17,18);6*5-6H,1-4H2. The van der Waals surface area contributed by atoms with Gasteiger partial charge < -0.3 is 93.2 Å². The van der Waals surface area contributed by atoms with Gasteiger partial charge in [0.1, 0.15) is 36.6 Å². The summed E-state index contributed by atoms with van der Waals surface area (Å²) < 4.78 is 112. The molecule has 6 unspecified atom stereocenters. The maximum Gasteiger partial charge on any atom is 0.481 e. The van der Waals surface area contributed by atoms with E-state index in [1.165, 1.54) is 0 Å². The number of phosphoric ester groups is 6. The van der Waals surface area contributed by atoms with Crippen LogP contribution in [0.4, 0.5) is 0 Å². The summed E-state index contributed by atoms with van der Waals surface area (Å²) in [5, 5.41) is 38.7. The van der Waals surface area contributed by atoms with Crippen LogP contribution in [-0.2, 0) is 67.5 Å². The molecule has 1 aliphatic carbocycles. The van der Waals surface area contributed by atoms with Crippen LogP contribution in [0.1, 0.15) is 0 Å². The monoisotopic (exact) mass is 1120 g/mol. The summed E-state index contributed by atoms with van der Waals surface area (Å²) in [5.41, 5.74) is 0. The smallest absolute Gasteiger partial charge is 0.314 e. The molecule has 0 radical (unpaired) electrons. The van der Waals surface area contributed by atoms with E-state index >= 15 is 0 Å². The van der Waals surface area contributed by atoms with E-state index in [9.17, 15) is 56.8 Å². The first-order valence-electron chi connectivity index (χ1n) is 22.4. The molecular formula is C30H72N12O21P6. The fourth-order valence-corrected chi connectivity index (χ4v) is 14.2. The number of rotatable bonds is 0. The fraction of sp³-hybridized carbons (Fsp3) is 1.00. The van der Waals surface area contributed by atoms with Crippen molar-refractivity contribution in [2.75, 3.05) is 157 Å². The molecule has 9 saturated heterocycles. The molecule has 1 saturated carbocycles. The van der Waals surface area contributed by atoms with Gasteiger partial charge >= 0.3 is 46.9 Å². The number of hydrogen-bond donors (Lipinski definition) is 18. The van der Waals surface area contributed by atoms with Gasteiger partial charge in [0.2, 0.25) is 0 Å². The Morgan fingerprint density at radius 1 is 0.217 bits per heavy atom. The van der Waals surface area contributed by atoms with Gasteiger partial charge in [-0.15, -0.1) is 0 Å². The second-order valence-corrected chi connectivity index (χ2v) is 24.3. The van der Waals surface area contributed by atoms with E-state index < -0.39 is 83.6 Å². The van der Waals surface area contributed by atoms with E-state index in [4.69, 9.17) is 0 Å². The van der Waals surface area contributed by atoms with Crippen molar-refractivity contribution in [1.29, 1.82) is 0 Å². The zero-order valence-electron chi connectivity index (χ0n) is 37.9. The molecule has 0 aromatic heterocycles. The molecule has 9 heterocycles. The zero-order valence-corrected chi connectivity index (χ0v) is 43.3. The van der Waals surface area contributed by atoms with Crippen LogP contribution >= 0.6 is 46.9 Å². The summed E-state index contributed by atoms with van der Waals surface area (Å²) in [7, 11) is -33.5. The molecule has 10 aliphatic rings. The average molecular weight is 1120 g/mol. The Morgan fingerprint density at radius 3 is 0.377 bits per heavy atom. The molecule has 9 aliphatic heterocycles. The van der Waals surface area contributed by atoms with Gasteiger partial charge in [-0.25, -0.2) is 27.4 Å². The molecule has 69 heavy (non-hydrogen) atoms. The van der Waals surface area contributed by atoms with E-state index in [-0.39, 0.29) is 0 Å². The minimum Gasteiger partial charge on any atom is -0.314 e. The van der Waals surface area contributed by atoms with E-state index in [1.54, 1.807) is 0 Å². The molecule has 408 valence electrons. The molecule has 10 fully saturated rings. The topological polar surface area (TPSA) is 451 Å². The second kappa shape index (κ2) is 31.4. The van der Waals surface area contributed by atoms with Crippen LogP contribution in [0.3, 0.4) is 0 Å². The number of hydrogen-bond acceptors (Lipinski definition) is 27. The predicted molar refractivity (Wildman–Crippen MR) is 246 cm³/mol. The van der Waals surface area contributed by atoms with E-state index in [0.717, 1.165) is 157 Å². The van der Waals surface area contributed by atoms with Gasteiger partial charge in [0, 0.05) is 157 Å². The van der Waals surface area contributed by atoms with Gasteiger partial charge in [-0.1, -0.05) is 0 Å². The summed E-state index contributed by atoms with van der Waals surface area (Å²) in [4.78, 5) is 58.3. The van der Waals surface area contributed by atoms with Crippen LogP contribution in [0, 0.1) is 0 Å². The minimum atomic E-state index is -5.59. The lowest BCUT2D eigenvalue weighted by Crippen LogP contribution is -2.65. The molecule has 10 rings (SSSR count). The Bertz CT molecular complexity index is 1380. The number of piperazine rings is 6. The molecule has 6 atom stereocenters. The SMILES string of the molecule is C1CNCCN1.C1CNCCN1.C1CNCCN1.C1CNCCN1.C1CNCCN1.C1CNCCN1.O=P1(O)OC2C3OP(=O)(O)OP(=O)(O)OC3C3OP(=O)(O)OP(=O)(O)OC3C2OP(=O)(O)O1. The molecular weight excluding hydrogens is 1050 g/mol. The summed E-state index contributed by atoms with van der Waals surface area (Å²) >= 11 is 0. The third-order valence-corrected chi connectivity index (χ3v) is 17.8. The molecule has 18 N–H and O–H groups in total. The van der Waals surface area contributed by atoms with Crippen LogP contribution < -0.4 is 63.8 Å². The number of phosphoric acid groups is 6. The first-order chi connectivity index (χ1) is 32.7. The fourth-order valence-electron chi connectivity index (χ4n) is 6.89. The Balaban J connectivity index is 0.000000226. The maximum absolute atomic E-state index is 12.1. The van der Waals surface area contributed by atoms with Crippen LogP contribution in [0.15, 0.2) is 0 Å². The summed E-state index contributed by atoms with van der Waals surface area (Å²) in [5.74, 6) is 0. The highest BCUT2D eigenvalue weighted by molar-refractivity contribution is 7.62. The Labute approximate surface area is 400 Å². The third-order valence-electron chi connectivity index (χ3n) is 9.83. The van der Waals surface area contributed by atoms with Gasteiger partial charge in [-0.2, -0.15) is 12.9 Å². The summed E-state index contributed by atoms with van der Waals surface area (Å²) in [6.07, 6.45) is -14.4. The van der Waals surface area contributed by atoms with Crippen LogP contribution in [0.5, 0.6) is 0 Å². The van der Waals surface area contributed by atoms with Gasteiger partial charge in [0.05, 0.1) is 0 Å². The van der Waals surface area contributed by atoms with Crippen molar-refractivity contribution in [3.8, 4) is 0 Å². The van der Waals surface area contributed by atoms with Crippen molar-refractivity contribution in [3.05, 3.63) is 0 Å². The van der Waals surface area contributed by atoms with Crippen LogP contribution in [0.2, 0.25) is 0 Å². The normalized spacial score (nSPS) is 42.2. The predicted octanol–water partition coefficient (Wildman–Crippen LogP) is -4.92. The minimum absolute atomic E-state index is 1.14. The highest BCUT2D eigenvalue weighted by Crippen LogP contribution is 2.72. The molecule has 0 aromatic carbocycles. The highest BCUT2D eigenvalue weighted by atomic mass is 31.3. The van der Waals surface area contributed by atoms with Crippen molar-refractivity contribution in [2.24, 2.45) is 0 Å².